The molecule has 2 atom stereocenters. The number of ether oxygens (including phenoxy) is 3. The predicted octanol–water partition coefficient (Wildman–Crippen LogP) is 15.9. The first-order valence-corrected chi connectivity index (χ1v) is 24.9. The lowest BCUT2D eigenvalue weighted by atomic mass is 10.00. The molecule has 0 saturated carbocycles. The topological polar surface area (TPSA) is 78.9 Å². The fourth-order valence-corrected chi connectivity index (χ4v) is 7.48. The second kappa shape index (κ2) is 44.5. The average Bonchev–Trinajstić information content (AvgIpc) is 3.19. The summed E-state index contributed by atoms with van der Waals surface area (Å²) < 4.78 is 16.7. The van der Waals surface area contributed by atoms with Crippen molar-refractivity contribution in [3.8, 4) is 0 Å². The third-order valence-corrected chi connectivity index (χ3v) is 11.7. The highest BCUT2D eigenvalue weighted by molar-refractivity contribution is 5.71. The van der Waals surface area contributed by atoms with E-state index in [-0.39, 0.29) is 31.1 Å². The molecule has 0 bridgehead atoms. The highest BCUT2D eigenvalue weighted by Crippen LogP contribution is 2.17. The second-order valence-corrected chi connectivity index (χ2v) is 17.3. The van der Waals surface area contributed by atoms with E-state index < -0.39 is 6.10 Å². The normalized spacial score (nSPS) is 12.4. The van der Waals surface area contributed by atoms with Crippen LogP contribution in [0.15, 0.2) is 0 Å². The van der Waals surface area contributed by atoms with Crippen molar-refractivity contribution in [1.29, 1.82) is 0 Å². The minimum Gasteiger partial charge on any atom is -0.462 e. The van der Waals surface area contributed by atoms with Gasteiger partial charge < -0.3 is 14.2 Å². The molecule has 0 aliphatic heterocycles. The molecule has 0 spiro atoms. The molecule has 0 fully saturated rings. The molecule has 332 valence electrons. The highest BCUT2D eigenvalue weighted by atomic mass is 16.6. The van der Waals surface area contributed by atoms with Crippen molar-refractivity contribution in [2.75, 3.05) is 13.2 Å². The maximum atomic E-state index is 12.7. The van der Waals surface area contributed by atoms with Crippen LogP contribution in [0.25, 0.3) is 0 Å². The van der Waals surface area contributed by atoms with Crippen LogP contribution in [0.4, 0.5) is 0 Å². The van der Waals surface area contributed by atoms with Crippen LogP contribution in [-0.4, -0.2) is 37.2 Å². The molecule has 0 amide bonds. The van der Waals surface area contributed by atoms with Crippen LogP contribution in [0.2, 0.25) is 0 Å². The van der Waals surface area contributed by atoms with Gasteiger partial charge in [-0.25, -0.2) is 0 Å². The van der Waals surface area contributed by atoms with Gasteiger partial charge in [-0.2, -0.15) is 0 Å². The summed E-state index contributed by atoms with van der Waals surface area (Å²) >= 11 is 0. The standard InChI is InChI=1S/C50H96O6/c1-5-8-10-12-14-16-17-18-19-20-21-22-23-24-25-27-28-33-37-41-48(51)54-44-47(56-50(53)43-39-35-29-26-15-13-11-9-6-2)45-55-49(52)42-38-34-31-30-32-36-40-46(4)7-3/h46-47H,5-45H2,1-4H3/t46?,47-/m0/s1. The third-order valence-electron chi connectivity index (χ3n) is 11.7. The Hall–Kier alpha value is -1.59. The van der Waals surface area contributed by atoms with Gasteiger partial charge in [0.2, 0.25) is 0 Å². The highest BCUT2D eigenvalue weighted by Gasteiger charge is 2.19. The van der Waals surface area contributed by atoms with E-state index in [0.29, 0.717) is 19.3 Å². The fraction of sp³-hybridized carbons (Fsp3) is 0.940. The van der Waals surface area contributed by atoms with E-state index in [9.17, 15) is 14.4 Å². The van der Waals surface area contributed by atoms with Gasteiger partial charge in [0, 0.05) is 19.3 Å². The van der Waals surface area contributed by atoms with Crippen LogP contribution >= 0.6 is 0 Å². The molecule has 0 aromatic carbocycles. The molecule has 0 rings (SSSR count). The van der Waals surface area contributed by atoms with Gasteiger partial charge in [-0.05, 0) is 25.2 Å². The van der Waals surface area contributed by atoms with Gasteiger partial charge in [-0.15, -0.1) is 0 Å². The Labute approximate surface area is 348 Å². The molecule has 0 heterocycles. The van der Waals surface area contributed by atoms with E-state index in [1.54, 1.807) is 0 Å². The van der Waals surface area contributed by atoms with Gasteiger partial charge in [-0.3, -0.25) is 14.4 Å². The molecule has 0 aliphatic carbocycles. The molecule has 0 saturated heterocycles. The number of hydrogen-bond donors (Lipinski definition) is 0. The average molecular weight is 793 g/mol. The molecular formula is C50H96O6. The van der Waals surface area contributed by atoms with Crippen molar-refractivity contribution >= 4 is 17.9 Å². The number of carbonyl (C=O) groups excluding carboxylic acids is 3. The van der Waals surface area contributed by atoms with Gasteiger partial charge in [0.05, 0.1) is 0 Å². The molecule has 0 aromatic rings. The van der Waals surface area contributed by atoms with Gasteiger partial charge in [0.25, 0.3) is 0 Å². The summed E-state index contributed by atoms with van der Waals surface area (Å²) in [5.74, 6) is -0.0404. The van der Waals surface area contributed by atoms with Crippen molar-refractivity contribution in [3.05, 3.63) is 0 Å². The largest absolute Gasteiger partial charge is 0.462 e. The summed E-state index contributed by atoms with van der Waals surface area (Å²) in [5, 5.41) is 0. The molecule has 0 aromatic heterocycles. The quantitative estimate of drug-likeness (QED) is 0.0347. The monoisotopic (exact) mass is 793 g/mol. The number of rotatable bonds is 45. The zero-order valence-corrected chi connectivity index (χ0v) is 38.1. The van der Waals surface area contributed by atoms with Crippen molar-refractivity contribution < 1.29 is 28.6 Å². The van der Waals surface area contributed by atoms with Crippen LogP contribution in [0.5, 0.6) is 0 Å². The lowest BCUT2D eigenvalue weighted by Crippen LogP contribution is -2.30. The minimum atomic E-state index is -0.760. The molecule has 6 heteroatoms. The predicted molar refractivity (Wildman–Crippen MR) is 238 cm³/mol. The Morgan fingerprint density at radius 2 is 0.625 bits per heavy atom. The SMILES string of the molecule is CCCCCCCCCCCCCCCCCCCCCC(=O)OC[C@@H](COC(=O)CCCCCCCCC(C)CC)OC(=O)CCCCCCCCCCC. The molecule has 56 heavy (non-hydrogen) atoms. The van der Waals surface area contributed by atoms with Crippen LogP contribution in [0, 0.1) is 5.92 Å². The number of hydrogen-bond acceptors (Lipinski definition) is 6. The van der Waals surface area contributed by atoms with E-state index in [0.717, 1.165) is 63.7 Å². The van der Waals surface area contributed by atoms with Crippen LogP contribution < -0.4 is 0 Å². The Bertz CT molecular complexity index is 843. The summed E-state index contributed by atoms with van der Waals surface area (Å²) in [5.41, 5.74) is 0. The third kappa shape index (κ3) is 42.0. The number of carbonyl (C=O) groups is 3. The van der Waals surface area contributed by atoms with Crippen LogP contribution in [0.1, 0.15) is 278 Å². The molecular weight excluding hydrogens is 697 g/mol. The molecule has 1 unspecified atom stereocenters. The molecule has 6 nitrogen and oxygen atoms in total. The lowest BCUT2D eigenvalue weighted by molar-refractivity contribution is -0.167. The maximum absolute atomic E-state index is 12.7. The van der Waals surface area contributed by atoms with Gasteiger partial charge in [-0.1, -0.05) is 240 Å². The van der Waals surface area contributed by atoms with Crippen molar-refractivity contribution in [2.24, 2.45) is 5.92 Å². The first-order valence-electron chi connectivity index (χ1n) is 24.9. The second-order valence-electron chi connectivity index (χ2n) is 17.3. The number of esters is 3. The number of unbranched alkanes of at least 4 members (excludes halogenated alkanes) is 31. The van der Waals surface area contributed by atoms with Gasteiger partial charge in [0.15, 0.2) is 6.10 Å². The molecule has 0 aliphatic rings. The first-order chi connectivity index (χ1) is 27.4. The fourth-order valence-electron chi connectivity index (χ4n) is 7.48. The Kier molecular flexibility index (Phi) is 43.2. The first kappa shape index (κ1) is 54.4. The van der Waals surface area contributed by atoms with E-state index in [2.05, 4.69) is 27.7 Å². The lowest BCUT2D eigenvalue weighted by Gasteiger charge is -2.18. The van der Waals surface area contributed by atoms with E-state index in [1.807, 2.05) is 0 Å². The van der Waals surface area contributed by atoms with Crippen molar-refractivity contribution in [3.63, 3.8) is 0 Å². The summed E-state index contributed by atoms with van der Waals surface area (Å²) in [6, 6.07) is 0. The van der Waals surface area contributed by atoms with Gasteiger partial charge in [0.1, 0.15) is 13.2 Å². The van der Waals surface area contributed by atoms with E-state index in [4.69, 9.17) is 14.2 Å². The summed E-state index contributed by atoms with van der Waals surface area (Å²) in [4.78, 5) is 37.7. The minimum absolute atomic E-state index is 0.0641. The summed E-state index contributed by atoms with van der Waals surface area (Å²) in [6.45, 7) is 8.97. The summed E-state index contributed by atoms with van der Waals surface area (Å²) in [6.07, 6.45) is 45.3. The molecule has 0 N–H and O–H groups in total. The van der Waals surface area contributed by atoms with Crippen molar-refractivity contribution in [2.45, 2.75) is 284 Å². The molecule has 0 radical (unpaired) electrons. The Balaban J connectivity index is 4.19. The van der Waals surface area contributed by atoms with E-state index >= 15 is 0 Å². The van der Waals surface area contributed by atoms with Crippen molar-refractivity contribution in [1.82, 2.24) is 0 Å². The maximum Gasteiger partial charge on any atom is 0.306 e. The summed E-state index contributed by atoms with van der Waals surface area (Å²) in [7, 11) is 0. The Morgan fingerprint density at radius 3 is 0.929 bits per heavy atom. The zero-order chi connectivity index (χ0) is 41.0. The van der Waals surface area contributed by atoms with Crippen LogP contribution in [0.3, 0.4) is 0 Å². The van der Waals surface area contributed by atoms with Crippen LogP contribution in [-0.2, 0) is 28.6 Å². The Morgan fingerprint density at radius 1 is 0.357 bits per heavy atom. The smallest absolute Gasteiger partial charge is 0.306 e. The van der Waals surface area contributed by atoms with Gasteiger partial charge >= 0.3 is 17.9 Å². The van der Waals surface area contributed by atoms with E-state index in [1.165, 1.54) is 173 Å². The zero-order valence-electron chi connectivity index (χ0n) is 38.1.